The van der Waals surface area contributed by atoms with Crippen molar-refractivity contribution in [3.05, 3.63) is 46.9 Å². The molecule has 0 N–H and O–H groups in total. The molecule has 134 valence electrons. The summed E-state index contributed by atoms with van der Waals surface area (Å²) in [4.78, 5) is 19.4. The molecule has 0 amide bonds. The van der Waals surface area contributed by atoms with Crippen molar-refractivity contribution >= 4 is 11.8 Å². The van der Waals surface area contributed by atoms with Crippen LogP contribution in [0.3, 0.4) is 0 Å². The van der Waals surface area contributed by atoms with E-state index in [4.69, 9.17) is 9.72 Å². The highest BCUT2D eigenvalue weighted by Crippen LogP contribution is 2.21. The number of rotatable bonds is 5. The Morgan fingerprint density at radius 3 is 2.60 bits per heavy atom. The number of piperidine rings is 1. The van der Waals surface area contributed by atoms with Crippen LogP contribution >= 0.6 is 0 Å². The van der Waals surface area contributed by atoms with Gasteiger partial charge in [-0.05, 0) is 69.4 Å². The van der Waals surface area contributed by atoms with Crippen LogP contribution in [0.15, 0.2) is 24.4 Å². The van der Waals surface area contributed by atoms with Gasteiger partial charge in [-0.3, -0.25) is 0 Å². The summed E-state index contributed by atoms with van der Waals surface area (Å²) in [6.07, 6.45) is 5.75. The van der Waals surface area contributed by atoms with E-state index in [9.17, 15) is 4.79 Å². The molecule has 0 spiro atoms. The highest BCUT2D eigenvalue weighted by molar-refractivity contribution is 5.88. The summed E-state index contributed by atoms with van der Waals surface area (Å²) in [5, 5.41) is 0. The van der Waals surface area contributed by atoms with Gasteiger partial charge in [-0.15, -0.1) is 0 Å². The van der Waals surface area contributed by atoms with E-state index in [0.717, 1.165) is 30.2 Å². The Bertz CT molecular complexity index is 745. The van der Waals surface area contributed by atoms with Crippen LogP contribution < -0.4 is 4.90 Å². The number of hydrogen-bond acceptors (Lipinski definition) is 4. The van der Waals surface area contributed by atoms with E-state index in [1.807, 2.05) is 30.7 Å². The van der Waals surface area contributed by atoms with Crippen molar-refractivity contribution in [3.8, 4) is 0 Å². The molecule has 0 aliphatic carbocycles. The van der Waals surface area contributed by atoms with E-state index >= 15 is 0 Å². The summed E-state index contributed by atoms with van der Waals surface area (Å²) in [5.41, 5.74) is 3.81. The van der Waals surface area contributed by atoms with Crippen molar-refractivity contribution in [1.82, 2.24) is 9.55 Å². The maximum atomic E-state index is 12.2. The first kappa shape index (κ1) is 17.5. The largest absolute Gasteiger partial charge is 0.461 e. The number of pyridine rings is 1. The fourth-order valence-corrected chi connectivity index (χ4v) is 3.42. The molecule has 5 nitrogen and oxygen atoms in total. The monoisotopic (exact) mass is 341 g/mol. The molecule has 5 heteroatoms. The normalized spacial score (nSPS) is 14.6. The second-order valence-electron chi connectivity index (χ2n) is 6.79. The number of nitrogens with zero attached hydrogens (tertiary/aromatic N) is 3. The maximum absolute atomic E-state index is 12.2. The first-order valence-electron chi connectivity index (χ1n) is 9.13. The minimum Gasteiger partial charge on any atom is -0.461 e. The quantitative estimate of drug-likeness (QED) is 0.778. The third-order valence-corrected chi connectivity index (χ3v) is 4.54. The number of esters is 1. The molecule has 1 aliphatic rings. The number of aromatic nitrogens is 2. The van der Waals surface area contributed by atoms with Gasteiger partial charge < -0.3 is 14.2 Å². The van der Waals surface area contributed by atoms with Crippen molar-refractivity contribution < 1.29 is 9.53 Å². The second kappa shape index (κ2) is 7.72. The molecule has 1 aliphatic heterocycles. The molecule has 0 bridgehead atoms. The van der Waals surface area contributed by atoms with Crippen LogP contribution in [-0.4, -0.2) is 35.2 Å². The first-order chi connectivity index (χ1) is 12.1. The van der Waals surface area contributed by atoms with Gasteiger partial charge >= 0.3 is 5.97 Å². The van der Waals surface area contributed by atoms with E-state index in [1.165, 1.54) is 24.8 Å². The lowest BCUT2D eigenvalue weighted by Gasteiger charge is -2.28. The predicted octanol–water partition coefficient (Wildman–Crippen LogP) is 3.72. The third kappa shape index (κ3) is 4.21. The molecule has 0 aromatic carbocycles. The summed E-state index contributed by atoms with van der Waals surface area (Å²) >= 11 is 0. The lowest BCUT2D eigenvalue weighted by atomic mass is 10.1. The van der Waals surface area contributed by atoms with Crippen molar-refractivity contribution in [3.63, 3.8) is 0 Å². The molecular weight excluding hydrogens is 314 g/mol. The number of carbonyl (C=O) groups excluding carboxylic acids is 1. The molecule has 1 fully saturated rings. The van der Waals surface area contributed by atoms with E-state index in [0.29, 0.717) is 18.8 Å². The van der Waals surface area contributed by atoms with Crippen molar-refractivity contribution in [1.29, 1.82) is 0 Å². The minimum absolute atomic E-state index is 0.278. The topological polar surface area (TPSA) is 47.4 Å². The lowest BCUT2D eigenvalue weighted by Crippen LogP contribution is -2.30. The molecule has 2 aromatic heterocycles. The second-order valence-corrected chi connectivity index (χ2v) is 6.79. The number of aryl methyl sites for hydroxylation is 2. The van der Waals surface area contributed by atoms with Gasteiger partial charge in [0.25, 0.3) is 0 Å². The fourth-order valence-electron chi connectivity index (χ4n) is 3.42. The van der Waals surface area contributed by atoms with Crippen LogP contribution in [0.4, 0.5) is 5.82 Å². The van der Waals surface area contributed by atoms with Gasteiger partial charge in [0.15, 0.2) is 0 Å². The van der Waals surface area contributed by atoms with Gasteiger partial charge in [0.05, 0.1) is 18.8 Å². The number of carbonyl (C=O) groups is 1. The Hall–Kier alpha value is -2.30. The number of hydrogen-bond donors (Lipinski definition) is 0. The zero-order chi connectivity index (χ0) is 17.8. The van der Waals surface area contributed by atoms with Gasteiger partial charge in [-0.2, -0.15) is 0 Å². The van der Waals surface area contributed by atoms with E-state index in [-0.39, 0.29) is 5.97 Å². The molecule has 25 heavy (non-hydrogen) atoms. The van der Waals surface area contributed by atoms with Crippen LogP contribution in [-0.2, 0) is 11.3 Å². The summed E-state index contributed by atoms with van der Waals surface area (Å²) in [6.45, 7) is 9.02. The van der Waals surface area contributed by atoms with Crippen molar-refractivity contribution in [2.45, 2.75) is 46.6 Å². The summed E-state index contributed by atoms with van der Waals surface area (Å²) in [7, 11) is 0. The van der Waals surface area contributed by atoms with Crippen LogP contribution in [0.25, 0.3) is 0 Å². The molecule has 0 atom stereocenters. The van der Waals surface area contributed by atoms with Crippen molar-refractivity contribution in [2.24, 2.45) is 0 Å². The Morgan fingerprint density at radius 1 is 1.12 bits per heavy atom. The van der Waals surface area contributed by atoms with Crippen molar-refractivity contribution in [2.75, 3.05) is 24.6 Å². The molecule has 0 unspecified atom stereocenters. The lowest BCUT2D eigenvalue weighted by molar-refractivity contribution is 0.0514. The summed E-state index contributed by atoms with van der Waals surface area (Å²) in [6, 6.07) is 6.12. The minimum atomic E-state index is -0.278. The number of anilines is 1. The highest BCUT2D eigenvalue weighted by atomic mass is 16.5. The SMILES string of the molecule is CCOC(=O)c1cc(C)cn1Cc1cc(C)cc(N2CCCCC2)n1. The van der Waals surface area contributed by atoms with E-state index in [1.54, 1.807) is 0 Å². The zero-order valence-electron chi connectivity index (χ0n) is 15.4. The smallest absolute Gasteiger partial charge is 0.354 e. The first-order valence-corrected chi connectivity index (χ1v) is 9.13. The summed E-state index contributed by atoms with van der Waals surface area (Å²) < 4.78 is 7.11. The van der Waals surface area contributed by atoms with Crippen LogP contribution in [0.1, 0.15) is 53.5 Å². The van der Waals surface area contributed by atoms with Gasteiger partial charge in [-0.25, -0.2) is 9.78 Å². The molecule has 0 radical (unpaired) electrons. The van der Waals surface area contributed by atoms with Gasteiger partial charge in [0, 0.05) is 19.3 Å². The highest BCUT2D eigenvalue weighted by Gasteiger charge is 2.16. The standard InChI is InChI=1S/C20H27N3O2/c1-4-25-20(24)18-11-16(3)13-23(18)14-17-10-15(2)12-19(21-17)22-8-6-5-7-9-22/h10-13H,4-9,14H2,1-3H3. The van der Waals surface area contributed by atoms with E-state index < -0.39 is 0 Å². The van der Waals surface area contributed by atoms with E-state index in [2.05, 4.69) is 24.0 Å². The van der Waals surface area contributed by atoms with Gasteiger partial charge in [0.2, 0.25) is 0 Å². The third-order valence-electron chi connectivity index (χ3n) is 4.54. The number of ether oxygens (including phenoxy) is 1. The van der Waals surface area contributed by atoms with Gasteiger partial charge in [0.1, 0.15) is 11.5 Å². The molecule has 3 heterocycles. The summed E-state index contributed by atoms with van der Waals surface area (Å²) in [5.74, 6) is 0.774. The van der Waals surface area contributed by atoms with Gasteiger partial charge in [-0.1, -0.05) is 0 Å². The predicted molar refractivity (Wildman–Crippen MR) is 99.3 cm³/mol. The maximum Gasteiger partial charge on any atom is 0.354 e. The van der Waals surface area contributed by atoms with Crippen LogP contribution in [0.2, 0.25) is 0 Å². The molecular formula is C20H27N3O2. The Kier molecular flexibility index (Phi) is 5.41. The molecule has 0 saturated carbocycles. The molecule has 3 rings (SSSR count). The zero-order valence-corrected chi connectivity index (χ0v) is 15.4. The average Bonchev–Trinajstić information content (AvgIpc) is 2.96. The Morgan fingerprint density at radius 2 is 1.88 bits per heavy atom. The van der Waals surface area contributed by atoms with Crippen LogP contribution in [0, 0.1) is 13.8 Å². The fraction of sp³-hybridized carbons (Fsp3) is 0.500. The molecule has 1 saturated heterocycles. The van der Waals surface area contributed by atoms with Crippen LogP contribution in [0.5, 0.6) is 0 Å². The molecule has 2 aromatic rings. The average molecular weight is 341 g/mol. The Balaban J connectivity index is 1.85. The Labute approximate surface area is 149 Å².